The van der Waals surface area contributed by atoms with Gasteiger partial charge in [0.25, 0.3) is 0 Å². The number of halogens is 2. The van der Waals surface area contributed by atoms with E-state index in [4.69, 9.17) is 9.47 Å². The van der Waals surface area contributed by atoms with E-state index in [1.54, 1.807) is 7.11 Å². The number of piperazine rings is 1. The molecule has 0 amide bonds. The van der Waals surface area contributed by atoms with Crippen LogP contribution in [0.25, 0.3) is 11.1 Å². The lowest BCUT2D eigenvalue weighted by Gasteiger charge is -2.35. The van der Waals surface area contributed by atoms with E-state index in [-0.39, 0.29) is 24.8 Å². The standard InChI is InChI=1S/C27H30N2O2.2ClH/c1-30-25-12-11-22(26-24-10-6-5-9-23(24)20-31-27(25)26)13-14-28-15-17-29(18-16-28)19-21-7-3-2-4-8-21;;/h2-12H,13-20H2,1H3;2*1H. The number of hydrogen-bond donors (Lipinski definition) is 0. The fourth-order valence-electron chi connectivity index (χ4n) is 4.74. The Morgan fingerprint density at radius 1 is 0.818 bits per heavy atom. The number of ether oxygens (including phenoxy) is 2. The first-order valence-corrected chi connectivity index (χ1v) is 11.2. The highest BCUT2D eigenvalue weighted by Crippen LogP contribution is 2.45. The molecule has 3 aromatic carbocycles. The number of hydrogen-bond acceptors (Lipinski definition) is 4. The SMILES string of the molecule is COc1ccc(CCN2CCN(Cc3ccccc3)CC2)c2c1OCc1ccccc1-2.Cl.Cl. The lowest BCUT2D eigenvalue weighted by molar-refractivity contribution is 0.128. The number of benzene rings is 3. The third kappa shape index (κ3) is 5.64. The molecular weight excluding hydrogens is 455 g/mol. The highest BCUT2D eigenvalue weighted by molar-refractivity contribution is 5.85. The Morgan fingerprint density at radius 2 is 1.52 bits per heavy atom. The number of methoxy groups -OCH3 is 1. The summed E-state index contributed by atoms with van der Waals surface area (Å²) in [5.74, 6) is 1.72. The van der Waals surface area contributed by atoms with Crippen LogP contribution in [0.1, 0.15) is 16.7 Å². The smallest absolute Gasteiger partial charge is 0.169 e. The van der Waals surface area contributed by atoms with Gasteiger partial charge in [-0.25, -0.2) is 0 Å². The second kappa shape index (κ2) is 11.8. The van der Waals surface area contributed by atoms with Gasteiger partial charge in [0.2, 0.25) is 0 Å². The Labute approximate surface area is 209 Å². The van der Waals surface area contributed by atoms with Gasteiger partial charge < -0.3 is 14.4 Å². The van der Waals surface area contributed by atoms with E-state index in [2.05, 4.69) is 76.5 Å². The normalized spacial score (nSPS) is 15.3. The molecule has 1 saturated heterocycles. The number of nitrogens with zero attached hydrogens (tertiary/aromatic N) is 2. The quantitative estimate of drug-likeness (QED) is 0.461. The van der Waals surface area contributed by atoms with Crippen LogP contribution in [0.4, 0.5) is 0 Å². The van der Waals surface area contributed by atoms with Crippen LogP contribution in [-0.4, -0.2) is 49.6 Å². The topological polar surface area (TPSA) is 24.9 Å². The van der Waals surface area contributed by atoms with Gasteiger partial charge in [-0.15, -0.1) is 24.8 Å². The summed E-state index contributed by atoms with van der Waals surface area (Å²) in [7, 11) is 1.72. The molecule has 0 saturated carbocycles. The molecule has 0 atom stereocenters. The predicted octanol–water partition coefficient (Wildman–Crippen LogP) is 5.46. The maximum Gasteiger partial charge on any atom is 0.169 e. The van der Waals surface area contributed by atoms with Crippen LogP contribution in [-0.2, 0) is 19.6 Å². The minimum absolute atomic E-state index is 0. The summed E-state index contributed by atoms with van der Waals surface area (Å²) in [5.41, 5.74) is 6.49. The summed E-state index contributed by atoms with van der Waals surface area (Å²) in [6.07, 6.45) is 1.02. The first-order chi connectivity index (χ1) is 15.3. The Kier molecular flexibility index (Phi) is 9.04. The van der Waals surface area contributed by atoms with Crippen molar-refractivity contribution < 1.29 is 9.47 Å². The van der Waals surface area contributed by atoms with E-state index in [0.717, 1.165) is 57.2 Å². The van der Waals surface area contributed by atoms with E-state index in [0.29, 0.717) is 6.61 Å². The molecule has 0 bridgehead atoms. The third-order valence-electron chi connectivity index (χ3n) is 6.50. The minimum atomic E-state index is 0. The van der Waals surface area contributed by atoms with Crippen molar-refractivity contribution in [3.8, 4) is 22.6 Å². The van der Waals surface area contributed by atoms with Crippen LogP contribution >= 0.6 is 24.8 Å². The molecule has 6 heteroatoms. The molecule has 4 nitrogen and oxygen atoms in total. The van der Waals surface area contributed by atoms with Gasteiger partial charge in [0, 0.05) is 44.8 Å². The van der Waals surface area contributed by atoms with Crippen LogP contribution in [0, 0.1) is 0 Å². The van der Waals surface area contributed by atoms with Crippen LogP contribution in [0.5, 0.6) is 11.5 Å². The molecule has 0 aliphatic carbocycles. The molecule has 5 rings (SSSR count). The summed E-state index contributed by atoms with van der Waals surface area (Å²) in [6, 6.07) is 23.6. The van der Waals surface area contributed by atoms with Gasteiger partial charge in [-0.3, -0.25) is 4.90 Å². The van der Waals surface area contributed by atoms with E-state index in [1.807, 2.05) is 0 Å². The van der Waals surface area contributed by atoms with Gasteiger partial charge >= 0.3 is 0 Å². The minimum Gasteiger partial charge on any atom is -0.493 e. The van der Waals surface area contributed by atoms with Crippen molar-refractivity contribution in [2.75, 3.05) is 39.8 Å². The largest absolute Gasteiger partial charge is 0.493 e. The highest BCUT2D eigenvalue weighted by Gasteiger charge is 2.24. The molecule has 0 unspecified atom stereocenters. The van der Waals surface area contributed by atoms with Crippen molar-refractivity contribution in [2.45, 2.75) is 19.6 Å². The van der Waals surface area contributed by atoms with E-state index in [9.17, 15) is 0 Å². The maximum absolute atomic E-state index is 6.13. The number of rotatable bonds is 6. The lowest BCUT2D eigenvalue weighted by atomic mass is 9.91. The van der Waals surface area contributed by atoms with Crippen LogP contribution < -0.4 is 9.47 Å². The zero-order valence-electron chi connectivity index (χ0n) is 19.0. The second-order valence-electron chi connectivity index (χ2n) is 8.43. The summed E-state index contributed by atoms with van der Waals surface area (Å²) < 4.78 is 11.7. The molecule has 3 aromatic rings. The Morgan fingerprint density at radius 3 is 2.27 bits per heavy atom. The molecule has 1 fully saturated rings. The molecule has 176 valence electrons. The predicted molar refractivity (Wildman–Crippen MR) is 139 cm³/mol. The summed E-state index contributed by atoms with van der Waals surface area (Å²) >= 11 is 0. The molecule has 2 heterocycles. The van der Waals surface area contributed by atoms with Crippen molar-refractivity contribution in [2.24, 2.45) is 0 Å². The number of fused-ring (bicyclic) bond motifs is 3. The average molecular weight is 487 g/mol. The van der Waals surface area contributed by atoms with Gasteiger partial charge in [-0.2, -0.15) is 0 Å². The van der Waals surface area contributed by atoms with Gasteiger partial charge in [0.15, 0.2) is 11.5 Å². The molecule has 2 aliphatic heterocycles. The van der Waals surface area contributed by atoms with Crippen molar-refractivity contribution >= 4 is 24.8 Å². The Balaban J connectivity index is 0.00000153. The zero-order chi connectivity index (χ0) is 21.0. The van der Waals surface area contributed by atoms with E-state index >= 15 is 0 Å². The third-order valence-corrected chi connectivity index (χ3v) is 6.50. The zero-order valence-corrected chi connectivity index (χ0v) is 20.7. The lowest BCUT2D eigenvalue weighted by Crippen LogP contribution is -2.46. The van der Waals surface area contributed by atoms with E-state index in [1.165, 1.54) is 27.8 Å². The molecule has 2 aliphatic rings. The molecule has 0 N–H and O–H groups in total. The highest BCUT2D eigenvalue weighted by atomic mass is 35.5. The average Bonchev–Trinajstić information content (AvgIpc) is 2.84. The van der Waals surface area contributed by atoms with Gasteiger partial charge in [-0.1, -0.05) is 60.7 Å². The van der Waals surface area contributed by atoms with Crippen molar-refractivity contribution in [3.63, 3.8) is 0 Å². The van der Waals surface area contributed by atoms with Crippen molar-refractivity contribution in [1.82, 2.24) is 9.80 Å². The van der Waals surface area contributed by atoms with Gasteiger partial charge in [0.1, 0.15) is 6.61 Å². The fourth-order valence-corrected chi connectivity index (χ4v) is 4.74. The molecule has 33 heavy (non-hydrogen) atoms. The second-order valence-corrected chi connectivity index (χ2v) is 8.43. The summed E-state index contributed by atoms with van der Waals surface area (Å²) in [6.45, 7) is 7.22. The Bertz CT molecular complexity index is 1040. The van der Waals surface area contributed by atoms with Crippen LogP contribution in [0.15, 0.2) is 66.7 Å². The molecule has 0 aromatic heterocycles. The fraction of sp³-hybridized carbons (Fsp3) is 0.333. The van der Waals surface area contributed by atoms with Crippen LogP contribution in [0.3, 0.4) is 0 Å². The first-order valence-electron chi connectivity index (χ1n) is 11.2. The van der Waals surface area contributed by atoms with Gasteiger partial charge in [-0.05, 0) is 34.7 Å². The summed E-state index contributed by atoms with van der Waals surface area (Å²) in [5, 5.41) is 0. The first kappa shape index (κ1) is 25.4. The molecular formula is C27H32Cl2N2O2. The van der Waals surface area contributed by atoms with E-state index < -0.39 is 0 Å². The maximum atomic E-state index is 6.13. The Hall–Kier alpha value is -2.24. The summed E-state index contributed by atoms with van der Waals surface area (Å²) in [4.78, 5) is 5.15. The van der Waals surface area contributed by atoms with Gasteiger partial charge in [0.05, 0.1) is 7.11 Å². The van der Waals surface area contributed by atoms with Crippen molar-refractivity contribution in [3.05, 3.63) is 83.4 Å². The molecule has 0 radical (unpaired) electrons. The monoisotopic (exact) mass is 486 g/mol. The van der Waals surface area contributed by atoms with Crippen molar-refractivity contribution in [1.29, 1.82) is 0 Å². The van der Waals surface area contributed by atoms with Crippen LogP contribution in [0.2, 0.25) is 0 Å². The molecule has 0 spiro atoms.